The molecule has 0 amide bonds. The lowest BCUT2D eigenvalue weighted by atomic mass is 9.83. The first-order chi connectivity index (χ1) is 8.90. The van der Waals surface area contributed by atoms with Gasteiger partial charge in [0.15, 0.2) is 0 Å². The van der Waals surface area contributed by atoms with Crippen LogP contribution in [0.4, 0.5) is 0 Å². The van der Waals surface area contributed by atoms with Crippen LogP contribution in [0, 0.1) is 11.8 Å². The number of hydrogen-bond acceptors (Lipinski definition) is 2. The van der Waals surface area contributed by atoms with Crippen molar-refractivity contribution >= 4 is 6.29 Å². The van der Waals surface area contributed by atoms with Crippen molar-refractivity contribution in [3.63, 3.8) is 0 Å². The van der Waals surface area contributed by atoms with Crippen molar-refractivity contribution in [3.8, 4) is 0 Å². The van der Waals surface area contributed by atoms with E-state index in [1.165, 1.54) is 5.56 Å². The minimum Gasteiger partial charge on any atom is -0.376 e. The maximum atomic E-state index is 10.6. The van der Waals surface area contributed by atoms with Crippen molar-refractivity contribution in [3.05, 3.63) is 48.0 Å². The zero-order valence-electron chi connectivity index (χ0n) is 10.6. The van der Waals surface area contributed by atoms with Crippen LogP contribution in [-0.2, 0) is 16.1 Å². The van der Waals surface area contributed by atoms with Crippen LogP contribution in [0.3, 0.4) is 0 Å². The molecule has 2 rings (SSSR count). The van der Waals surface area contributed by atoms with E-state index < -0.39 is 0 Å². The van der Waals surface area contributed by atoms with Crippen LogP contribution in [0.15, 0.2) is 42.5 Å². The molecule has 0 saturated heterocycles. The Kier molecular flexibility index (Phi) is 5.15. The third kappa shape index (κ3) is 3.81. The Morgan fingerprint density at radius 1 is 1.28 bits per heavy atom. The number of carbonyl (C=O) groups excluding carboxylic acids is 1. The highest BCUT2D eigenvalue weighted by Gasteiger charge is 2.21. The maximum absolute atomic E-state index is 10.6. The number of hydrogen-bond donors (Lipinski definition) is 0. The molecule has 1 aromatic carbocycles. The molecule has 0 saturated carbocycles. The summed E-state index contributed by atoms with van der Waals surface area (Å²) in [6.45, 7) is 1.41. The second-order valence-corrected chi connectivity index (χ2v) is 4.83. The summed E-state index contributed by atoms with van der Waals surface area (Å²) < 4.78 is 5.79. The minimum absolute atomic E-state index is 0.368. The molecular formula is C16H20O2. The van der Waals surface area contributed by atoms with Crippen molar-refractivity contribution < 1.29 is 9.53 Å². The van der Waals surface area contributed by atoms with E-state index in [1.54, 1.807) is 0 Å². The first-order valence-electron chi connectivity index (χ1n) is 6.62. The molecule has 0 aliphatic heterocycles. The summed E-state index contributed by atoms with van der Waals surface area (Å²) in [6.07, 6.45) is 8.23. The van der Waals surface area contributed by atoms with Gasteiger partial charge in [0, 0.05) is 6.42 Å². The van der Waals surface area contributed by atoms with Gasteiger partial charge >= 0.3 is 0 Å². The van der Waals surface area contributed by atoms with Crippen molar-refractivity contribution in [2.45, 2.75) is 25.9 Å². The maximum Gasteiger partial charge on any atom is 0.120 e. The van der Waals surface area contributed by atoms with Crippen molar-refractivity contribution in [2.24, 2.45) is 11.8 Å². The average Bonchev–Trinajstić information content (AvgIpc) is 2.42. The number of aldehydes is 1. The largest absolute Gasteiger partial charge is 0.376 e. The molecule has 0 bridgehead atoms. The molecule has 0 heterocycles. The number of carbonyl (C=O) groups is 1. The number of benzene rings is 1. The highest BCUT2D eigenvalue weighted by atomic mass is 16.5. The third-order valence-corrected chi connectivity index (χ3v) is 3.50. The van der Waals surface area contributed by atoms with Gasteiger partial charge in [-0.05, 0) is 30.2 Å². The standard InChI is InChI=1S/C16H20O2/c17-11-10-15-8-4-5-9-16(15)13-18-12-14-6-2-1-3-7-14/h1-4,6-8,11,15-16H,5,9-10,12-13H2/t15-,16-/m1/s1. The quantitative estimate of drug-likeness (QED) is 0.566. The second kappa shape index (κ2) is 7.12. The lowest BCUT2D eigenvalue weighted by Gasteiger charge is -2.26. The first-order valence-corrected chi connectivity index (χ1v) is 6.62. The molecule has 2 nitrogen and oxygen atoms in total. The fourth-order valence-electron chi connectivity index (χ4n) is 2.44. The van der Waals surface area contributed by atoms with Crippen LogP contribution in [0.1, 0.15) is 24.8 Å². The summed E-state index contributed by atoms with van der Waals surface area (Å²) in [5.74, 6) is 0.857. The molecule has 2 atom stereocenters. The van der Waals surface area contributed by atoms with Gasteiger partial charge in [-0.3, -0.25) is 0 Å². The molecule has 18 heavy (non-hydrogen) atoms. The normalized spacial score (nSPS) is 22.9. The van der Waals surface area contributed by atoms with Crippen molar-refractivity contribution in [2.75, 3.05) is 6.61 Å². The molecule has 0 fully saturated rings. The van der Waals surface area contributed by atoms with Gasteiger partial charge < -0.3 is 9.53 Å². The fourth-order valence-corrected chi connectivity index (χ4v) is 2.44. The summed E-state index contributed by atoms with van der Waals surface area (Å²) in [4.78, 5) is 10.6. The molecule has 1 aromatic rings. The van der Waals surface area contributed by atoms with Crippen LogP contribution >= 0.6 is 0 Å². The predicted molar refractivity (Wildman–Crippen MR) is 72.1 cm³/mol. The Bertz CT molecular complexity index is 383. The van der Waals surface area contributed by atoms with E-state index in [0.29, 0.717) is 24.9 Å². The lowest BCUT2D eigenvalue weighted by Crippen LogP contribution is -2.21. The van der Waals surface area contributed by atoms with Crippen molar-refractivity contribution in [1.29, 1.82) is 0 Å². The fraction of sp³-hybridized carbons (Fsp3) is 0.438. The number of ether oxygens (including phenoxy) is 1. The summed E-state index contributed by atoms with van der Waals surface area (Å²) in [6, 6.07) is 10.2. The molecule has 1 aliphatic carbocycles. The molecule has 0 aromatic heterocycles. The summed E-state index contributed by atoms with van der Waals surface area (Å²) in [7, 11) is 0. The third-order valence-electron chi connectivity index (χ3n) is 3.50. The lowest BCUT2D eigenvalue weighted by molar-refractivity contribution is -0.108. The zero-order valence-corrected chi connectivity index (χ0v) is 10.6. The summed E-state index contributed by atoms with van der Waals surface area (Å²) in [5.41, 5.74) is 1.20. The smallest absolute Gasteiger partial charge is 0.120 e. The van der Waals surface area contributed by atoms with E-state index in [9.17, 15) is 4.79 Å². The van der Waals surface area contributed by atoms with E-state index in [0.717, 1.165) is 25.7 Å². The summed E-state index contributed by atoms with van der Waals surface area (Å²) in [5, 5.41) is 0. The van der Waals surface area contributed by atoms with Crippen LogP contribution in [-0.4, -0.2) is 12.9 Å². The van der Waals surface area contributed by atoms with Gasteiger partial charge in [-0.2, -0.15) is 0 Å². The van der Waals surface area contributed by atoms with Crippen LogP contribution in [0.25, 0.3) is 0 Å². The average molecular weight is 244 g/mol. The Morgan fingerprint density at radius 3 is 2.89 bits per heavy atom. The monoisotopic (exact) mass is 244 g/mol. The Morgan fingerprint density at radius 2 is 2.11 bits per heavy atom. The molecule has 1 aliphatic rings. The number of rotatable bonds is 6. The first kappa shape index (κ1) is 13.0. The molecule has 0 spiro atoms. The van der Waals surface area contributed by atoms with E-state index in [4.69, 9.17) is 4.74 Å². The van der Waals surface area contributed by atoms with Gasteiger partial charge in [-0.1, -0.05) is 42.5 Å². The van der Waals surface area contributed by atoms with Gasteiger partial charge in [0.1, 0.15) is 6.29 Å². The predicted octanol–water partition coefficient (Wildman–Crippen LogP) is 3.37. The van der Waals surface area contributed by atoms with Crippen LogP contribution < -0.4 is 0 Å². The number of allylic oxidation sites excluding steroid dienone is 2. The highest BCUT2D eigenvalue weighted by molar-refractivity contribution is 5.50. The van der Waals surface area contributed by atoms with Crippen LogP contribution in [0.5, 0.6) is 0 Å². The highest BCUT2D eigenvalue weighted by Crippen LogP contribution is 2.27. The van der Waals surface area contributed by atoms with Crippen LogP contribution in [0.2, 0.25) is 0 Å². The molecule has 0 radical (unpaired) electrons. The SMILES string of the molecule is O=CC[C@H]1C=CCC[C@@H]1COCc1ccccc1. The Hall–Kier alpha value is -1.41. The zero-order chi connectivity index (χ0) is 12.6. The van der Waals surface area contributed by atoms with Gasteiger partial charge in [0.05, 0.1) is 13.2 Å². The molecule has 0 unspecified atom stereocenters. The topological polar surface area (TPSA) is 26.3 Å². The molecular weight excluding hydrogens is 224 g/mol. The Balaban J connectivity index is 1.78. The molecule has 0 N–H and O–H groups in total. The van der Waals surface area contributed by atoms with E-state index >= 15 is 0 Å². The second-order valence-electron chi connectivity index (χ2n) is 4.83. The molecule has 96 valence electrons. The van der Waals surface area contributed by atoms with Gasteiger partial charge in [0.2, 0.25) is 0 Å². The van der Waals surface area contributed by atoms with Crippen molar-refractivity contribution in [1.82, 2.24) is 0 Å². The van der Waals surface area contributed by atoms with E-state index in [1.807, 2.05) is 18.2 Å². The summed E-state index contributed by atoms with van der Waals surface area (Å²) >= 11 is 0. The minimum atomic E-state index is 0.368. The Labute approximate surface area is 109 Å². The van der Waals surface area contributed by atoms with Gasteiger partial charge in [-0.15, -0.1) is 0 Å². The van der Waals surface area contributed by atoms with Gasteiger partial charge in [-0.25, -0.2) is 0 Å². The van der Waals surface area contributed by atoms with E-state index in [2.05, 4.69) is 24.3 Å². The van der Waals surface area contributed by atoms with E-state index in [-0.39, 0.29) is 0 Å². The molecule has 2 heteroatoms. The van der Waals surface area contributed by atoms with Gasteiger partial charge in [0.25, 0.3) is 0 Å².